The van der Waals surface area contributed by atoms with E-state index in [4.69, 9.17) is 25.9 Å². The van der Waals surface area contributed by atoms with Gasteiger partial charge in [-0.05, 0) is 23.8 Å². The molecule has 3 rings (SSSR count). The van der Waals surface area contributed by atoms with Gasteiger partial charge in [0.2, 0.25) is 6.10 Å². The number of hydrogen-bond donors (Lipinski definition) is 2. The minimum atomic E-state index is -0.866. The lowest BCUT2D eigenvalue weighted by atomic mass is 10.0. The third kappa shape index (κ3) is 6.10. The maximum Gasteiger partial charge on any atom is 0.264 e. The van der Waals surface area contributed by atoms with Crippen molar-refractivity contribution in [3.63, 3.8) is 0 Å². The summed E-state index contributed by atoms with van der Waals surface area (Å²) in [5, 5.41) is 17.4. The number of amides is 1. The minimum Gasteiger partial charge on any atom is -0.497 e. The summed E-state index contributed by atoms with van der Waals surface area (Å²) in [6, 6.07) is 14.6. The molecular formula is C21H23ClN2O5. The smallest absolute Gasteiger partial charge is 0.264 e. The molecule has 0 radical (unpaired) electrons. The Labute approximate surface area is 174 Å². The average molecular weight is 419 g/mol. The fourth-order valence-corrected chi connectivity index (χ4v) is 3.01. The third-order valence-corrected chi connectivity index (χ3v) is 4.74. The van der Waals surface area contributed by atoms with E-state index < -0.39 is 12.2 Å². The molecule has 0 spiro atoms. The van der Waals surface area contributed by atoms with Crippen molar-refractivity contribution in [3.05, 3.63) is 59.1 Å². The van der Waals surface area contributed by atoms with Gasteiger partial charge in [-0.3, -0.25) is 4.79 Å². The molecule has 0 aliphatic carbocycles. The fourth-order valence-electron chi connectivity index (χ4n) is 2.81. The van der Waals surface area contributed by atoms with Crippen molar-refractivity contribution >= 4 is 23.2 Å². The van der Waals surface area contributed by atoms with Gasteiger partial charge in [-0.2, -0.15) is 0 Å². The monoisotopic (exact) mass is 418 g/mol. The highest BCUT2D eigenvalue weighted by Gasteiger charge is 2.28. The summed E-state index contributed by atoms with van der Waals surface area (Å²) < 4.78 is 10.6. The van der Waals surface area contributed by atoms with Gasteiger partial charge in [0.25, 0.3) is 5.91 Å². The Balaban J connectivity index is 1.39. The number of benzene rings is 2. The van der Waals surface area contributed by atoms with Crippen LogP contribution in [0.25, 0.3) is 0 Å². The molecule has 1 aliphatic heterocycles. The molecule has 2 atom stereocenters. The lowest BCUT2D eigenvalue weighted by Gasteiger charge is -2.15. The highest BCUT2D eigenvalue weighted by molar-refractivity contribution is 6.31. The number of nitrogens with one attached hydrogen (secondary N) is 1. The topological polar surface area (TPSA) is 89.4 Å². The molecule has 0 saturated heterocycles. The highest BCUT2D eigenvalue weighted by atomic mass is 35.5. The lowest BCUT2D eigenvalue weighted by molar-refractivity contribution is -0.131. The molecular weight excluding hydrogens is 396 g/mol. The molecule has 0 saturated carbocycles. The van der Waals surface area contributed by atoms with E-state index in [0.717, 1.165) is 11.3 Å². The standard InChI is InChI=1S/C21H23ClN2O5/c1-27-17-6-4-7-18(11-17)28-13-16(25)12-23-21(26)20-10-15(24-29-20)9-14-5-2-3-8-19(14)22/h2-8,11,16,20,25H,9-10,12-13H2,1H3,(H,23,26)/t16-,20-/m0/s1. The number of nitrogens with zero attached hydrogens (tertiary/aromatic N) is 1. The third-order valence-electron chi connectivity index (χ3n) is 4.37. The summed E-state index contributed by atoms with van der Waals surface area (Å²) in [6.45, 7) is 0.0791. The first kappa shape index (κ1) is 21.0. The van der Waals surface area contributed by atoms with Crippen molar-refractivity contribution in [1.82, 2.24) is 5.32 Å². The van der Waals surface area contributed by atoms with Crippen LogP contribution in [0.2, 0.25) is 5.02 Å². The van der Waals surface area contributed by atoms with Crippen LogP contribution in [0.5, 0.6) is 11.5 Å². The zero-order valence-corrected chi connectivity index (χ0v) is 16.8. The van der Waals surface area contributed by atoms with Crippen molar-refractivity contribution in [2.24, 2.45) is 5.16 Å². The maximum atomic E-state index is 12.3. The number of ether oxygens (including phenoxy) is 2. The van der Waals surface area contributed by atoms with E-state index in [9.17, 15) is 9.90 Å². The molecule has 154 valence electrons. The van der Waals surface area contributed by atoms with Crippen LogP contribution in [-0.2, 0) is 16.1 Å². The highest BCUT2D eigenvalue weighted by Crippen LogP contribution is 2.20. The maximum absolute atomic E-state index is 12.3. The predicted octanol–water partition coefficient (Wildman–Crippen LogP) is 2.59. The molecule has 0 aromatic heterocycles. The summed E-state index contributed by atoms with van der Waals surface area (Å²) in [5.74, 6) is 0.908. The number of rotatable bonds is 9. The van der Waals surface area contributed by atoms with Crippen molar-refractivity contribution in [1.29, 1.82) is 0 Å². The van der Waals surface area contributed by atoms with E-state index in [2.05, 4.69) is 10.5 Å². The molecule has 7 nitrogen and oxygen atoms in total. The summed E-state index contributed by atoms with van der Waals surface area (Å²) in [7, 11) is 1.57. The summed E-state index contributed by atoms with van der Waals surface area (Å²) in [5.41, 5.74) is 1.68. The first-order valence-electron chi connectivity index (χ1n) is 9.22. The number of oxime groups is 1. The molecule has 2 aromatic carbocycles. The Morgan fingerprint density at radius 2 is 2.10 bits per heavy atom. The van der Waals surface area contributed by atoms with Crippen LogP contribution in [0.15, 0.2) is 53.7 Å². The lowest BCUT2D eigenvalue weighted by Crippen LogP contribution is -2.40. The second-order valence-electron chi connectivity index (χ2n) is 6.61. The predicted molar refractivity (Wildman–Crippen MR) is 110 cm³/mol. The molecule has 0 unspecified atom stereocenters. The normalized spacial score (nSPS) is 16.5. The second kappa shape index (κ2) is 10.1. The number of carbonyl (C=O) groups is 1. The number of methoxy groups -OCH3 is 1. The molecule has 1 aliphatic rings. The summed E-state index contributed by atoms with van der Waals surface area (Å²) >= 11 is 6.16. The Morgan fingerprint density at radius 1 is 1.31 bits per heavy atom. The van der Waals surface area contributed by atoms with E-state index >= 15 is 0 Å². The zero-order chi connectivity index (χ0) is 20.6. The van der Waals surface area contributed by atoms with Crippen LogP contribution in [0.1, 0.15) is 12.0 Å². The Kier molecular flexibility index (Phi) is 7.32. The second-order valence-corrected chi connectivity index (χ2v) is 7.02. The van der Waals surface area contributed by atoms with Gasteiger partial charge in [0.1, 0.15) is 24.2 Å². The summed E-state index contributed by atoms with van der Waals surface area (Å²) in [6.07, 6.45) is -0.664. The number of aliphatic hydroxyl groups is 1. The number of hydrogen-bond acceptors (Lipinski definition) is 6. The van der Waals surface area contributed by atoms with Crippen LogP contribution < -0.4 is 14.8 Å². The first-order valence-corrected chi connectivity index (χ1v) is 9.60. The molecule has 8 heteroatoms. The SMILES string of the molecule is COc1cccc(OC[C@@H](O)CNC(=O)[C@@H]2CC(Cc3ccccc3Cl)=NO2)c1. The first-order chi connectivity index (χ1) is 14.0. The van der Waals surface area contributed by atoms with E-state index in [0.29, 0.717) is 29.4 Å². The largest absolute Gasteiger partial charge is 0.497 e. The average Bonchev–Trinajstić information content (AvgIpc) is 3.21. The summed E-state index contributed by atoms with van der Waals surface area (Å²) in [4.78, 5) is 17.5. The molecule has 29 heavy (non-hydrogen) atoms. The van der Waals surface area contributed by atoms with Crippen LogP contribution in [-0.4, -0.2) is 49.2 Å². The molecule has 0 fully saturated rings. The van der Waals surface area contributed by atoms with Crippen LogP contribution in [0, 0.1) is 0 Å². The van der Waals surface area contributed by atoms with Gasteiger partial charge in [-0.25, -0.2) is 0 Å². The van der Waals surface area contributed by atoms with Gasteiger partial charge in [0.15, 0.2) is 0 Å². The Morgan fingerprint density at radius 3 is 2.90 bits per heavy atom. The Hall–Kier alpha value is -2.77. The molecule has 0 bridgehead atoms. The number of aliphatic hydroxyl groups excluding tert-OH is 1. The molecule has 1 amide bonds. The number of carbonyl (C=O) groups excluding carboxylic acids is 1. The van der Waals surface area contributed by atoms with E-state index in [1.807, 2.05) is 24.3 Å². The number of halogens is 1. The van der Waals surface area contributed by atoms with Crippen LogP contribution in [0.3, 0.4) is 0 Å². The van der Waals surface area contributed by atoms with Gasteiger partial charge in [-0.15, -0.1) is 0 Å². The van der Waals surface area contributed by atoms with Crippen molar-refractivity contribution in [2.45, 2.75) is 25.0 Å². The van der Waals surface area contributed by atoms with Crippen molar-refractivity contribution < 1.29 is 24.2 Å². The van der Waals surface area contributed by atoms with Crippen molar-refractivity contribution in [3.8, 4) is 11.5 Å². The van der Waals surface area contributed by atoms with E-state index in [1.54, 1.807) is 31.4 Å². The van der Waals surface area contributed by atoms with Crippen LogP contribution in [0.4, 0.5) is 0 Å². The quantitative estimate of drug-likeness (QED) is 0.653. The van der Waals surface area contributed by atoms with Crippen LogP contribution >= 0.6 is 11.6 Å². The van der Waals surface area contributed by atoms with E-state index in [1.165, 1.54) is 0 Å². The van der Waals surface area contributed by atoms with Gasteiger partial charge in [-0.1, -0.05) is 41.0 Å². The zero-order valence-electron chi connectivity index (χ0n) is 16.0. The molecule has 1 heterocycles. The van der Waals surface area contributed by atoms with Crippen molar-refractivity contribution in [2.75, 3.05) is 20.3 Å². The van der Waals surface area contributed by atoms with Gasteiger partial charge in [0, 0.05) is 30.5 Å². The van der Waals surface area contributed by atoms with Gasteiger partial charge in [0.05, 0.1) is 12.8 Å². The molecule has 2 N–H and O–H groups in total. The van der Waals surface area contributed by atoms with Gasteiger partial charge >= 0.3 is 0 Å². The molecule has 2 aromatic rings. The minimum absolute atomic E-state index is 0.0349. The van der Waals surface area contributed by atoms with E-state index in [-0.39, 0.29) is 19.1 Å². The fraction of sp³-hybridized carbons (Fsp3) is 0.333. The van der Waals surface area contributed by atoms with Gasteiger partial charge < -0.3 is 24.7 Å². The Bertz CT molecular complexity index is 874.